The number of rotatable bonds is 5. The summed E-state index contributed by atoms with van der Waals surface area (Å²) in [4.78, 5) is 11.9. The van der Waals surface area contributed by atoms with Gasteiger partial charge in [0.2, 0.25) is 5.91 Å². The Morgan fingerprint density at radius 2 is 1.81 bits per heavy atom. The van der Waals surface area contributed by atoms with E-state index in [-0.39, 0.29) is 12.5 Å². The van der Waals surface area contributed by atoms with Gasteiger partial charge in [0.15, 0.2) is 0 Å². The molecule has 2 aromatic carbocycles. The molecule has 3 nitrogen and oxygen atoms in total. The van der Waals surface area contributed by atoms with E-state index in [9.17, 15) is 4.79 Å². The molecule has 0 aliphatic heterocycles. The SMILES string of the molecule is CCc1ccc(NCC(=O)Nc2cc(Cl)ccc2Cl)cc1. The first-order chi connectivity index (χ1) is 10.1. The summed E-state index contributed by atoms with van der Waals surface area (Å²) in [5, 5.41) is 6.77. The first-order valence-electron chi connectivity index (χ1n) is 6.66. The Morgan fingerprint density at radius 3 is 2.48 bits per heavy atom. The molecule has 0 spiro atoms. The average Bonchev–Trinajstić information content (AvgIpc) is 2.49. The summed E-state index contributed by atoms with van der Waals surface area (Å²) >= 11 is 11.9. The van der Waals surface area contributed by atoms with Crippen molar-refractivity contribution in [3.63, 3.8) is 0 Å². The minimum absolute atomic E-state index is 0.161. The molecule has 0 aliphatic rings. The summed E-state index contributed by atoms with van der Waals surface area (Å²) in [6.07, 6.45) is 0.994. The van der Waals surface area contributed by atoms with Gasteiger partial charge in [0.1, 0.15) is 0 Å². The lowest BCUT2D eigenvalue weighted by atomic mass is 10.1. The molecule has 2 rings (SSSR count). The molecule has 0 aromatic heterocycles. The normalized spacial score (nSPS) is 10.2. The van der Waals surface area contributed by atoms with E-state index in [0.29, 0.717) is 15.7 Å². The topological polar surface area (TPSA) is 41.1 Å². The molecule has 21 heavy (non-hydrogen) atoms. The van der Waals surface area contributed by atoms with E-state index in [1.807, 2.05) is 24.3 Å². The Morgan fingerprint density at radius 1 is 1.10 bits per heavy atom. The molecular weight excluding hydrogens is 307 g/mol. The smallest absolute Gasteiger partial charge is 0.243 e. The fourth-order valence-electron chi connectivity index (χ4n) is 1.83. The number of aryl methyl sites for hydroxylation is 1. The first-order valence-corrected chi connectivity index (χ1v) is 7.42. The second kappa shape index (κ2) is 7.34. The van der Waals surface area contributed by atoms with Crippen molar-refractivity contribution in [2.45, 2.75) is 13.3 Å². The van der Waals surface area contributed by atoms with Crippen molar-refractivity contribution in [2.75, 3.05) is 17.2 Å². The van der Waals surface area contributed by atoms with E-state index >= 15 is 0 Å². The van der Waals surface area contributed by atoms with E-state index in [0.717, 1.165) is 12.1 Å². The average molecular weight is 323 g/mol. The van der Waals surface area contributed by atoms with Crippen molar-refractivity contribution < 1.29 is 4.79 Å². The van der Waals surface area contributed by atoms with Gasteiger partial charge in [-0.2, -0.15) is 0 Å². The molecule has 0 aliphatic carbocycles. The predicted octanol–water partition coefficient (Wildman–Crippen LogP) is 4.61. The molecule has 5 heteroatoms. The van der Waals surface area contributed by atoms with Crippen LogP contribution in [0.1, 0.15) is 12.5 Å². The van der Waals surface area contributed by atoms with E-state index in [4.69, 9.17) is 23.2 Å². The highest BCUT2D eigenvalue weighted by molar-refractivity contribution is 6.35. The lowest BCUT2D eigenvalue weighted by Gasteiger charge is -2.09. The van der Waals surface area contributed by atoms with Crippen LogP contribution in [0.25, 0.3) is 0 Å². The minimum Gasteiger partial charge on any atom is -0.376 e. The van der Waals surface area contributed by atoms with E-state index < -0.39 is 0 Å². The van der Waals surface area contributed by atoms with Gasteiger partial charge in [0.05, 0.1) is 17.3 Å². The zero-order chi connectivity index (χ0) is 15.2. The summed E-state index contributed by atoms with van der Waals surface area (Å²) in [6.45, 7) is 2.26. The standard InChI is InChI=1S/C16H16Cl2N2O/c1-2-11-3-6-13(7-4-11)19-10-16(21)20-15-9-12(17)5-8-14(15)18/h3-9,19H,2,10H2,1H3,(H,20,21). The monoisotopic (exact) mass is 322 g/mol. The number of amides is 1. The molecule has 1 amide bonds. The van der Waals surface area contributed by atoms with Crippen LogP contribution in [0.4, 0.5) is 11.4 Å². The fourth-order valence-corrected chi connectivity index (χ4v) is 2.17. The first kappa shape index (κ1) is 15.7. The van der Waals surface area contributed by atoms with E-state index in [1.165, 1.54) is 5.56 Å². The lowest BCUT2D eigenvalue weighted by Crippen LogP contribution is -2.21. The lowest BCUT2D eigenvalue weighted by molar-refractivity contribution is -0.114. The molecule has 0 unspecified atom stereocenters. The van der Waals surface area contributed by atoms with Crippen molar-refractivity contribution in [1.29, 1.82) is 0 Å². The molecule has 0 radical (unpaired) electrons. The molecule has 110 valence electrons. The van der Waals surface area contributed by atoms with Gasteiger partial charge in [-0.05, 0) is 42.3 Å². The Kier molecular flexibility index (Phi) is 5.48. The summed E-state index contributed by atoms with van der Waals surface area (Å²) in [7, 11) is 0. The van der Waals surface area contributed by atoms with Crippen LogP contribution in [0.3, 0.4) is 0 Å². The highest BCUT2D eigenvalue weighted by Gasteiger charge is 2.06. The summed E-state index contributed by atoms with van der Waals surface area (Å²) in [5.74, 6) is -0.182. The number of anilines is 2. The van der Waals surface area contributed by atoms with Crippen molar-refractivity contribution in [2.24, 2.45) is 0 Å². The summed E-state index contributed by atoms with van der Waals surface area (Å²) in [5.41, 5.74) is 2.67. The maximum Gasteiger partial charge on any atom is 0.243 e. The molecule has 0 saturated carbocycles. The third kappa shape index (κ3) is 4.66. The van der Waals surface area contributed by atoms with Crippen LogP contribution < -0.4 is 10.6 Å². The number of hydrogen-bond acceptors (Lipinski definition) is 2. The van der Waals surface area contributed by atoms with Crippen LogP contribution in [0.15, 0.2) is 42.5 Å². The predicted molar refractivity (Wildman–Crippen MR) is 89.4 cm³/mol. The Labute approximate surface area is 134 Å². The number of hydrogen-bond donors (Lipinski definition) is 2. The number of carbonyl (C=O) groups is 1. The molecular formula is C16H16Cl2N2O. The van der Waals surface area contributed by atoms with Gasteiger partial charge in [0, 0.05) is 10.7 Å². The van der Waals surface area contributed by atoms with Crippen molar-refractivity contribution in [3.8, 4) is 0 Å². The molecule has 0 bridgehead atoms. The van der Waals surface area contributed by atoms with Gasteiger partial charge >= 0.3 is 0 Å². The number of benzene rings is 2. The van der Waals surface area contributed by atoms with Crippen molar-refractivity contribution >= 4 is 40.5 Å². The second-order valence-corrected chi connectivity index (χ2v) is 5.42. The van der Waals surface area contributed by atoms with Crippen LogP contribution in [-0.2, 0) is 11.2 Å². The summed E-state index contributed by atoms with van der Waals surface area (Å²) < 4.78 is 0. The summed E-state index contributed by atoms with van der Waals surface area (Å²) in [6, 6.07) is 12.9. The van der Waals surface area contributed by atoms with Crippen LogP contribution in [-0.4, -0.2) is 12.5 Å². The second-order valence-electron chi connectivity index (χ2n) is 4.58. The van der Waals surface area contributed by atoms with Crippen LogP contribution >= 0.6 is 23.2 Å². The van der Waals surface area contributed by atoms with Crippen LogP contribution in [0, 0.1) is 0 Å². The Bertz CT molecular complexity index is 627. The number of nitrogens with one attached hydrogen (secondary N) is 2. The fraction of sp³-hybridized carbons (Fsp3) is 0.188. The molecule has 2 aromatic rings. The molecule has 0 heterocycles. The maximum absolute atomic E-state index is 11.9. The molecule has 0 saturated heterocycles. The highest BCUT2D eigenvalue weighted by Crippen LogP contribution is 2.25. The van der Waals surface area contributed by atoms with Crippen molar-refractivity contribution in [1.82, 2.24) is 0 Å². The molecule has 2 N–H and O–H groups in total. The maximum atomic E-state index is 11.9. The zero-order valence-corrected chi connectivity index (χ0v) is 13.1. The number of halogens is 2. The van der Waals surface area contributed by atoms with Crippen molar-refractivity contribution in [3.05, 3.63) is 58.1 Å². The molecule has 0 atom stereocenters. The Hall–Kier alpha value is -1.71. The van der Waals surface area contributed by atoms with E-state index in [1.54, 1.807) is 18.2 Å². The highest BCUT2D eigenvalue weighted by atomic mass is 35.5. The van der Waals surface area contributed by atoms with Gasteiger partial charge in [-0.1, -0.05) is 42.3 Å². The molecule has 0 fully saturated rings. The third-order valence-electron chi connectivity index (χ3n) is 3.02. The van der Waals surface area contributed by atoms with Gasteiger partial charge in [-0.3, -0.25) is 4.79 Å². The van der Waals surface area contributed by atoms with Gasteiger partial charge in [-0.25, -0.2) is 0 Å². The minimum atomic E-state index is -0.182. The largest absolute Gasteiger partial charge is 0.376 e. The third-order valence-corrected chi connectivity index (χ3v) is 3.58. The van der Waals surface area contributed by atoms with Crippen LogP contribution in [0.5, 0.6) is 0 Å². The number of carbonyl (C=O) groups excluding carboxylic acids is 1. The van der Waals surface area contributed by atoms with Crippen LogP contribution in [0.2, 0.25) is 10.0 Å². The van der Waals surface area contributed by atoms with Gasteiger partial charge < -0.3 is 10.6 Å². The van der Waals surface area contributed by atoms with Gasteiger partial charge in [0.25, 0.3) is 0 Å². The van der Waals surface area contributed by atoms with E-state index in [2.05, 4.69) is 17.6 Å². The quantitative estimate of drug-likeness (QED) is 0.844. The van der Waals surface area contributed by atoms with Gasteiger partial charge in [-0.15, -0.1) is 0 Å². The Balaban J connectivity index is 1.91. The zero-order valence-electron chi connectivity index (χ0n) is 11.6.